The highest BCUT2D eigenvalue weighted by atomic mass is 16.6. The molecule has 1 aliphatic heterocycles. The Bertz CT molecular complexity index is 1410. The highest BCUT2D eigenvalue weighted by molar-refractivity contribution is 6.03. The maximum atomic E-state index is 13.0. The Morgan fingerprint density at radius 1 is 1.11 bits per heavy atom. The van der Waals surface area contributed by atoms with E-state index in [1.54, 1.807) is 38.1 Å². The van der Waals surface area contributed by atoms with Gasteiger partial charge >= 0.3 is 0 Å². The molecule has 1 unspecified atom stereocenters. The monoisotopic (exact) mass is 489 g/mol. The molecule has 186 valence electrons. The second-order valence-electron chi connectivity index (χ2n) is 8.98. The highest BCUT2D eigenvalue weighted by Crippen LogP contribution is 2.24. The number of aromatic nitrogens is 2. The molecule has 36 heavy (non-hydrogen) atoms. The summed E-state index contributed by atoms with van der Waals surface area (Å²) >= 11 is 0. The molecule has 0 saturated carbocycles. The molecule has 2 heterocycles. The Morgan fingerprint density at radius 2 is 1.86 bits per heavy atom. The SMILES string of the molecule is Cc1cc(C(=O)N2CCCCC2C)ccc1NC(=O)c1nn(-c2ccccc2[N+](=O)[O-])c(C)cc1=O. The first-order valence-corrected chi connectivity index (χ1v) is 11.7. The van der Waals surface area contributed by atoms with Crippen LogP contribution in [0.15, 0.2) is 53.3 Å². The zero-order chi connectivity index (χ0) is 26.0. The first-order chi connectivity index (χ1) is 17.2. The number of nitro benzene ring substituents is 1. The van der Waals surface area contributed by atoms with Gasteiger partial charge in [0, 0.05) is 41.7 Å². The van der Waals surface area contributed by atoms with Crippen LogP contribution in [0.5, 0.6) is 0 Å². The fraction of sp³-hybridized carbons (Fsp3) is 0.308. The van der Waals surface area contributed by atoms with Crippen LogP contribution in [0.25, 0.3) is 5.69 Å². The summed E-state index contributed by atoms with van der Waals surface area (Å²) in [6.45, 7) is 6.11. The number of anilines is 1. The smallest absolute Gasteiger partial charge is 0.294 e. The van der Waals surface area contributed by atoms with E-state index in [-0.39, 0.29) is 23.3 Å². The van der Waals surface area contributed by atoms with Crippen molar-refractivity contribution in [2.24, 2.45) is 0 Å². The van der Waals surface area contributed by atoms with Crippen LogP contribution in [0.4, 0.5) is 11.4 Å². The van der Waals surface area contributed by atoms with Gasteiger partial charge < -0.3 is 10.2 Å². The van der Waals surface area contributed by atoms with Crippen LogP contribution in [0.2, 0.25) is 0 Å². The minimum Gasteiger partial charge on any atom is -0.336 e. The molecule has 10 heteroatoms. The van der Waals surface area contributed by atoms with Crippen molar-refractivity contribution in [1.82, 2.24) is 14.7 Å². The summed E-state index contributed by atoms with van der Waals surface area (Å²) in [5.74, 6) is -0.796. The number of carbonyl (C=O) groups excluding carboxylic acids is 2. The summed E-state index contributed by atoms with van der Waals surface area (Å²) in [5.41, 5.74) is 0.890. The van der Waals surface area contributed by atoms with Crippen molar-refractivity contribution in [1.29, 1.82) is 0 Å². The quantitative estimate of drug-likeness (QED) is 0.426. The van der Waals surface area contributed by atoms with Gasteiger partial charge in [0.05, 0.1) is 4.92 Å². The number of rotatable bonds is 5. The molecule has 1 atom stereocenters. The molecule has 1 aromatic heterocycles. The minimum absolute atomic E-state index is 0.0456. The number of likely N-dealkylation sites (tertiary alicyclic amines) is 1. The van der Waals surface area contributed by atoms with Crippen molar-refractivity contribution < 1.29 is 14.5 Å². The third kappa shape index (κ3) is 4.88. The van der Waals surface area contributed by atoms with E-state index in [1.807, 2.05) is 11.8 Å². The van der Waals surface area contributed by atoms with E-state index in [0.717, 1.165) is 25.8 Å². The lowest BCUT2D eigenvalue weighted by Crippen LogP contribution is -2.42. The van der Waals surface area contributed by atoms with Gasteiger partial charge in [0.25, 0.3) is 17.5 Å². The molecule has 1 N–H and O–H groups in total. The van der Waals surface area contributed by atoms with Crippen molar-refractivity contribution >= 4 is 23.2 Å². The number of amides is 2. The van der Waals surface area contributed by atoms with Gasteiger partial charge in [0.15, 0.2) is 5.69 Å². The molecule has 1 fully saturated rings. The Labute approximate surface area is 207 Å². The van der Waals surface area contributed by atoms with E-state index in [2.05, 4.69) is 10.4 Å². The van der Waals surface area contributed by atoms with Gasteiger partial charge in [-0.1, -0.05) is 12.1 Å². The van der Waals surface area contributed by atoms with E-state index in [0.29, 0.717) is 22.5 Å². The number of carbonyl (C=O) groups is 2. The van der Waals surface area contributed by atoms with Crippen LogP contribution < -0.4 is 10.7 Å². The number of aryl methyl sites for hydroxylation is 2. The van der Waals surface area contributed by atoms with Gasteiger partial charge in [-0.15, -0.1) is 0 Å². The van der Waals surface area contributed by atoms with Gasteiger partial charge in [-0.2, -0.15) is 5.10 Å². The van der Waals surface area contributed by atoms with E-state index >= 15 is 0 Å². The van der Waals surface area contributed by atoms with Crippen LogP contribution >= 0.6 is 0 Å². The molecule has 2 aromatic carbocycles. The zero-order valence-corrected chi connectivity index (χ0v) is 20.4. The van der Waals surface area contributed by atoms with Crippen molar-refractivity contribution in [2.75, 3.05) is 11.9 Å². The van der Waals surface area contributed by atoms with Gasteiger partial charge in [-0.25, -0.2) is 4.68 Å². The third-order valence-electron chi connectivity index (χ3n) is 6.41. The lowest BCUT2D eigenvalue weighted by Gasteiger charge is -2.33. The first-order valence-electron chi connectivity index (χ1n) is 11.7. The normalized spacial score (nSPS) is 15.4. The fourth-order valence-electron chi connectivity index (χ4n) is 4.43. The van der Waals surface area contributed by atoms with Crippen LogP contribution in [-0.2, 0) is 0 Å². The number of benzene rings is 2. The Kier molecular flexibility index (Phi) is 6.96. The lowest BCUT2D eigenvalue weighted by atomic mass is 10.0. The number of nitro groups is 1. The summed E-state index contributed by atoms with van der Waals surface area (Å²) in [7, 11) is 0. The summed E-state index contributed by atoms with van der Waals surface area (Å²) in [6.07, 6.45) is 3.07. The molecular weight excluding hydrogens is 462 g/mol. The molecule has 0 radical (unpaired) electrons. The average molecular weight is 490 g/mol. The largest absolute Gasteiger partial charge is 0.336 e. The number of para-hydroxylation sites is 2. The van der Waals surface area contributed by atoms with Crippen LogP contribution in [0.3, 0.4) is 0 Å². The molecule has 0 spiro atoms. The Balaban J connectivity index is 1.61. The van der Waals surface area contributed by atoms with Gasteiger partial charge in [0.1, 0.15) is 5.69 Å². The first kappa shape index (κ1) is 24.8. The molecule has 3 aromatic rings. The number of piperidine rings is 1. The summed E-state index contributed by atoms with van der Waals surface area (Å²) < 4.78 is 1.21. The summed E-state index contributed by atoms with van der Waals surface area (Å²) in [5, 5.41) is 18.3. The van der Waals surface area contributed by atoms with E-state index in [4.69, 9.17) is 0 Å². The number of hydrogen-bond acceptors (Lipinski definition) is 6. The minimum atomic E-state index is -0.751. The average Bonchev–Trinajstić information content (AvgIpc) is 2.85. The maximum Gasteiger partial charge on any atom is 0.294 e. The van der Waals surface area contributed by atoms with Crippen molar-refractivity contribution in [3.8, 4) is 5.69 Å². The Morgan fingerprint density at radius 3 is 2.56 bits per heavy atom. The molecule has 0 aliphatic carbocycles. The molecule has 0 bridgehead atoms. The number of nitrogens with one attached hydrogen (secondary N) is 1. The number of nitrogens with zero attached hydrogens (tertiary/aromatic N) is 4. The van der Waals surface area contributed by atoms with Crippen molar-refractivity contribution in [3.05, 3.63) is 91.4 Å². The topological polar surface area (TPSA) is 127 Å². The lowest BCUT2D eigenvalue weighted by molar-refractivity contribution is -0.384. The predicted molar refractivity (Wildman–Crippen MR) is 135 cm³/mol. The van der Waals surface area contributed by atoms with Crippen LogP contribution in [0, 0.1) is 24.0 Å². The predicted octanol–water partition coefficient (Wildman–Crippen LogP) is 4.02. The number of hydrogen-bond donors (Lipinski definition) is 1. The molecule has 10 nitrogen and oxygen atoms in total. The van der Waals surface area contributed by atoms with Gasteiger partial charge in [0.2, 0.25) is 5.43 Å². The zero-order valence-electron chi connectivity index (χ0n) is 20.4. The third-order valence-corrected chi connectivity index (χ3v) is 6.41. The van der Waals surface area contributed by atoms with Gasteiger partial charge in [-0.05, 0) is 69.9 Å². The second kappa shape index (κ2) is 10.1. The molecule has 1 aliphatic rings. The molecule has 2 amide bonds. The molecule has 4 rings (SSSR count). The van der Waals surface area contributed by atoms with Crippen LogP contribution in [0.1, 0.15) is 58.3 Å². The fourth-order valence-corrected chi connectivity index (χ4v) is 4.43. The van der Waals surface area contributed by atoms with E-state index in [9.17, 15) is 24.5 Å². The summed E-state index contributed by atoms with van der Waals surface area (Å²) in [4.78, 5) is 51.4. The molecule has 1 saturated heterocycles. The Hall–Kier alpha value is -4.34. The van der Waals surface area contributed by atoms with E-state index < -0.39 is 22.0 Å². The van der Waals surface area contributed by atoms with Crippen LogP contribution in [-0.4, -0.2) is 44.0 Å². The van der Waals surface area contributed by atoms with Gasteiger partial charge in [-0.3, -0.25) is 24.5 Å². The van der Waals surface area contributed by atoms with Crippen molar-refractivity contribution in [2.45, 2.75) is 46.1 Å². The second-order valence-corrected chi connectivity index (χ2v) is 8.98. The standard InChI is InChI=1S/C26H27N5O5/c1-16-14-19(26(34)29-13-7-6-8-17(29)2)11-12-20(16)27-25(33)24-23(32)15-18(3)30(28-24)21-9-4-5-10-22(21)31(35)36/h4-5,9-12,14-15,17H,6-8,13H2,1-3H3,(H,27,33). The van der Waals surface area contributed by atoms with Crippen molar-refractivity contribution in [3.63, 3.8) is 0 Å². The van der Waals surface area contributed by atoms with E-state index in [1.165, 1.54) is 28.9 Å². The summed E-state index contributed by atoms with van der Waals surface area (Å²) in [6, 6.07) is 12.3. The highest BCUT2D eigenvalue weighted by Gasteiger charge is 2.25. The maximum absolute atomic E-state index is 13.0. The molecular formula is C26H27N5O5.